The molecule has 1 aliphatic rings. The van der Waals surface area contributed by atoms with Gasteiger partial charge >= 0.3 is 0 Å². The average molecular weight is 436 g/mol. The topological polar surface area (TPSA) is 88.6 Å². The maximum Gasteiger partial charge on any atom is 0.251 e. The first-order valence-corrected chi connectivity index (χ1v) is 11.2. The van der Waals surface area contributed by atoms with Crippen molar-refractivity contribution >= 4 is 16.8 Å². The van der Waals surface area contributed by atoms with E-state index in [-0.39, 0.29) is 30.2 Å². The first-order chi connectivity index (χ1) is 15.1. The van der Waals surface area contributed by atoms with Crippen LogP contribution in [0.1, 0.15) is 48.8 Å². The Bertz CT molecular complexity index is 1130. The van der Waals surface area contributed by atoms with E-state index in [4.69, 9.17) is 0 Å². The van der Waals surface area contributed by atoms with Crippen LogP contribution in [0, 0.1) is 6.92 Å². The molecule has 4 rings (SSSR count). The van der Waals surface area contributed by atoms with Crippen LogP contribution in [0.25, 0.3) is 22.0 Å². The number of β-amino-alcohol motifs (C(OH)–C–C–N with tert-alkyl or cyclic N) is 1. The van der Waals surface area contributed by atoms with E-state index in [0.29, 0.717) is 25.1 Å². The molecule has 0 spiro atoms. The summed E-state index contributed by atoms with van der Waals surface area (Å²) < 4.78 is 0. The highest BCUT2D eigenvalue weighted by Crippen LogP contribution is 2.28. The van der Waals surface area contributed by atoms with Gasteiger partial charge in [-0.25, -0.2) is 0 Å². The van der Waals surface area contributed by atoms with Crippen LogP contribution >= 0.6 is 0 Å². The minimum atomic E-state index is -0.380. The van der Waals surface area contributed by atoms with Gasteiger partial charge in [0.2, 0.25) is 0 Å². The Labute approximate surface area is 189 Å². The van der Waals surface area contributed by atoms with E-state index in [0.717, 1.165) is 33.3 Å². The number of benzene rings is 2. The molecule has 1 unspecified atom stereocenters. The molecule has 1 aromatic heterocycles. The van der Waals surface area contributed by atoms with Crippen LogP contribution in [0.5, 0.6) is 0 Å². The van der Waals surface area contributed by atoms with Gasteiger partial charge in [-0.2, -0.15) is 0 Å². The first kappa shape index (κ1) is 22.5. The third kappa shape index (κ3) is 5.04. The van der Waals surface area contributed by atoms with Gasteiger partial charge in [-0.05, 0) is 81.1 Å². The fourth-order valence-corrected chi connectivity index (χ4v) is 4.51. The van der Waals surface area contributed by atoms with Crippen LogP contribution in [0.15, 0.2) is 42.5 Å². The predicted octanol–water partition coefficient (Wildman–Crippen LogP) is 3.60. The fraction of sp³-hybridized carbons (Fsp3) is 0.423. The summed E-state index contributed by atoms with van der Waals surface area (Å²) in [6.07, 6.45) is 0.230. The van der Waals surface area contributed by atoms with Gasteiger partial charge in [-0.3, -0.25) is 9.69 Å². The number of likely N-dealkylation sites (tertiary alicyclic amines) is 1. The molecular weight excluding hydrogens is 402 g/mol. The summed E-state index contributed by atoms with van der Waals surface area (Å²) in [4.78, 5) is 18.3. The van der Waals surface area contributed by atoms with Gasteiger partial charge in [0.1, 0.15) is 0 Å². The van der Waals surface area contributed by atoms with Gasteiger partial charge in [0, 0.05) is 46.8 Å². The molecule has 1 amide bonds. The van der Waals surface area contributed by atoms with Crippen LogP contribution in [-0.4, -0.2) is 56.8 Å². The summed E-state index contributed by atoms with van der Waals surface area (Å²) >= 11 is 0. The van der Waals surface area contributed by atoms with Gasteiger partial charge < -0.3 is 20.5 Å². The van der Waals surface area contributed by atoms with Crippen molar-refractivity contribution in [1.82, 2.24) is 15.2 Å². The summed E-state index contributed by atoms with van der Waals surface area (Å²) in [6, 6.07) is 14.3. The van der Waals surface area contributed by atoms with E-state index in [1.807, 2.05) is 39.8 Å². The molecule has 6 heteroatoms. The number of hydrogen-bond donors (Lipinski definition) is 4. The number of nitrogens with zero attached hydrogens (tertiary/aromatic N) is 1. The molecule has 1 fully saturated rings. The van der Waals surface area contributed by atoms with Crippen LogP contribution in [0.4, 0.5) is 0 Å². The Morgan fingerprint density at radius 3 is 2.66 bits per heavy atom. The Balaban J connectivity index is 1.60. The quantitative estimate of drug-likeness (QED) is 0.493. The monoisotopic (exact) mass is 435 g/mol. The summed E-state index contributed by atoms with van der Waals surface area (Å²) in [5, 5.41) is 23.7. The van der Waals surface area contributed by atoms with E-state index >= 15 is 0 Å². The number of aromatic nitrogens is 1. The Morgan fingerprint density at radius 2 is 1.94 bits per heavy atom. The van der Waals surface area contributed by atoms with E-state index in [1.165, 1.54) is 0 Å². The molecule has 32 heavy (non-hydrogen) atoms. The number of aryl methyl sites for hydroxylation is 1. The summed E-state index contributed by atoms with van der Waals surface area (Å²) in [5.74, 6) is -0.0707. The molecule has 0 aliphatic carbocycles. The number of carbonyl (C=O) groups excluding carboxylic acids is 1. The average Bonchev–Trinajstić information content (AvgIpc) is 3.27. The Morgan fingerprint density at radius 1 is 1.16 bits per heavy atom. The molecule has 0 bridgehead atoms. The molecule has 0 saturated carbocycles. The zero-order valence-corrected chi connectivity index (χ0v) is 19.3. The predicted molar refractivity (Wildman–Crippen MR) is 128 cm³/mol. The molecule has 3 aromatic rings. The normalized spacial score (nSPS) is 19.6. The highest BCUT2D eigenvalue weighted by Gasteiger charge is 2.30. The lowest BCUT2D eigenvalue weighted by Gasteiger charge is -2.21. The van der Waals surface area contributed by atoms with Crippen molar-refractivity contribution in [2.45, 2.75) is 58.3 Å². The molecule has 2 atom stereocenters. The molecule has 170 valence electrons. The number of amides is 1. The van der Waals surface area contributed by atoms with E-state index in [2.05, 4.69) is 45.5 Å². The van der Waals surface area contributed by atoms with Crippen LogP contribution < -0.4 is 5.32 Å². The number of aliphatic hydroxyl groups is 2. The van der Waals surface area contributed by atoms with E-state index in [9.17, 15) is 15.0 Å². The largest absolute Gasteiger partial charge is 0.395 e. The summed E-state index contributed by atoms with van der Waals surface area (Å²) in [7, 11) is 0. The number of H-pyrrole nitrogens is 1. The third-order valence-electron chi connectivity index (χ3n) is 5.93. The van der Waals surface area contributed by atoms with Crippen LogP contribution in [0.3, 0.4) is 0 Å². The lowest BCUT2D eigenvalue weighted by molar-refractivity contribution is 0.0919. The van der Waals surface area contributed by atoms with Gasteiger partial charge in [-0.1, -0.05) is 12.1 Å². The molecule has 1 saturated heterocycles. The third-order valence-corrected chi connectivity index (χ3v) is 5.93. The number of hydrogen-bond acceptors (Lipinski definition) is 4. The lowest BCUT2D eigenvalue weighted by Crippen LogP contribution is -2.40. The number of aliphatic hydroxyl groups excluding tert-OH is 2. The maximum absolute atomic E-state index is 12.7. The SMILES string of the molecule is Cc1cc(C(=O)NC(C)(C)C)cc(-c2ccc3[nH]c(CN4C[C@@H](O)CC4CO)cc3c2)c1. The first-order valence-electron chi connectivity index (χ1n) is 11.2. The van der Waals surface area contributed by atoms with Crippen molar-refractivity contribution in [2.24, 2.45) is 0 Å². The van der Waals surface area contributed by atoms with Gasteiger partial charge in [-0.15, -0.1) is 0 Å². The second-order valence-electron chi connectivity index (χ2n) is 10.0. The maximum atomic E-state index is 12.7. The molecule has 2 aromatic carbocycles. The Hall–Kier alpha value is -2.67. The zero-order chi connectivity index (χ0) is 23.0. The van der Waals surface area contributed by atoms with Crippen molar-refractivity contribution in [1.29, 1.82) is 0 Å². The summed E-state index contributed by atoms with van der Waals surface area (Å²) in [5.41, 5.74) is 5.58. The number of rotatable bonds is 5. The summed E-state index contributed by atoms with van der Waals surface area (Å²) in [6.45, 7) is 9.23. The standard InChI is InChI=1S/C26H33N3O3/c1-16-7-18(10-20(8-16)25(32)28-26(2,3)4)17-5-6-24-19(9-17)11-21(27-24)13-29-14-23(31)12-22(29)15-30/h5-11,22-23,27,30-31H,12-15H2,1-4H3,(H,28,32)/t22?,23-/m0/s1. The lowest BCUT2D eigenvalue weighted by atomic mass is 9.98. The number of aromatic amines is 1. The number of nitrogens with one attached hydrogen (secondary N) is 2. The fourth-order valence-electron chi connectivity index (χ4n) is 4.51. The van der Waals surface area contributed by atoms with Crippen molar-refractivity contribution < 1.29 is 15.0 Å². The van der Waals surface area contributed by atoms with Gasteiger partial charge in [0.05, 0.1) is 12.7 Å². The van der Waals surface area contributed by atoms with Crippen LogP contribution in [0.2, 0.25) is 0 Å². The molecule has 1 aliphatic heterocycles. The smallest absolute Gasteiger partial charge is 0.251 e. The molecule has 4 N–H and O–H groups in total. The number of carbonyl (C=O) groups is 1. The zero-order valence-electron chi connectivity index (χ0n) is 19.3. The minimum absolute atomic E-state index is 0.00284. The highest BCUT2D eigenvalue weighted by molar-refractivity contribution is 5.96. The molecular formula is C26H33N3O3. The van der Waals surface area contributed by atoms with E-state index in [1.54, 1.807) is 0 Å². The minimum Gasteiger partial charge on any atom is -0.395 e. The molecule has 6 nitrogen and oxygen atoms in total. The van der Waals surface area contributed by atoms with Crippen molar-refractivity contribution in [3.8, 4) is 11.1 Å². The highest BCUT2D eigenvalue weighted by atomic mass is 16.3. The van der Waals surface area contributed by atoms with Crippen molar-refractivity contribution in [2.75, 3.05) is 13.2 Å². The van der Waals surface area contributed by atoms with E-state index < -0.39 is 0 Å². The molecule has 0 radical (unpaired) electrons. The second-order valence-corrected chi connectivity index (χ2v) is 10.0. The number of fused-ring (bicyclic) bond motifs is 1. The van der Waals surface area contributed by atoms with Crippen molar-refractivity contribution in [3.05, 3.63) is 59.3 Å². The Kier molecular flexibility index (Phi) is 6.12. The van der Waals surface area contributed by atoms with Gasteiger partial charge in [0.15, 0.2) is 0 Å². The van der Waals surface area contributed by atoms with Crippen LogP contribution in [-0.2, 0) is 6.54 Å². The second kappa shape index (κ2) is 8.70. The van der Waals surface area contributed by atoms with Crippen molar-refractivity contribution in [3.63, 3.8) is 0 Å². The molecule has 2 heterocycles. The van der Waals surface area contributed by atoms with Gasteiger partial charge in [0.25, 0.3) is 5.91 Å².